The van der Waals surface area contributed by atoms with Crippen LogP contribution in [0, 0.1) is 0 Å². The minimum atomic E-state index is -0.0386. The summed E-state index contributed by atoms with van der Waals surface area (Å²) >= 11 is 0. The highest BCUT2D eigenvalue weighted by atomic mass is 15.2. The van der Waals surface area contributed by atoms with Gasteiger partial charge in [0.25, 0.3) is 0 Å². The van der Waals surface area contributed by atoms with Gasteiger partial charge in [0, 0.05) is 38.6 Å². The molecule has 2 N–H and O–H groups in total. The molecule has 0 bridgehead atoms. The van der Waals surface area contributed by atoms with Crippen LogP contribution in [0.3, 0.4) is 0 Å². The van der Waals surface area contributed by atoms with Crippen molar-refractivity contribution in [3.8, 4) is 11.4 Å². The maximum absolute atomic E-state index is 3.90. The van der Waals surface area contributed by atoms with Crippen LogP contribution in [-0.4, -0.2) is 9.13 Å². The van der Waals surface area contributed by atoms with Gasteiger partial charge in [-0.3, -0.25) is 5.32 Å². The van der Waals surface area contributed by atoms with E-state index < -0.39 is 0 Å². The first kappa shape index (κ1) is 29.1. The molecule has 1 aliphatic heterocycles. The number of fused-ring (bicyclic) bond motifs is 9. The van der Waals surface area contributed by atoms with Crippen LogP contribution in [0.2, 0.25) is 0 Å². The minimum absolute atomic E-state index is 0.0386. The van der Waals surface area contributed by atoms with Crippen LogP contribution in [0.15, 0.2) is 182 Å². The molecule has 0 fully saturated rings. The van der Waals surface area contributed by atoms with E-state index in [9.17, 15) is 0 Å². The summed E-state index contributed by atoms with van der Waals surface area (Å²) < 4.78 is 4.87. The summed E-state index contributed by atoms with van der Waals surface area (Å²) in [7, 11) is 0. The fourth-order valence-electron chi connectivity index (χ4n) is 8.63. The van der Waals surface area contributed by atoms with Crippen molar-refractivity contribution in [3.05, 3.63) is 199 Å². The number of benzene rings is 8. The first-order chi connectivity index (χ1) is 25.8. The van der Waals surface area contributed by atoms with Crippen molar-refractivity contribution in [2.45, 2.75) is 12.2 Å². The smallest absolute Gasteiger partial charge is 0.104 e. The summed E-state index contributed by atoms with van der Waals surface area (Å²) in [6.45, 7) is 0. The molecule has 11 rings (SSSR count). The second-order valence-corrected chi connectivity index (χ2v) is 13.9. The Balaban J connectivity index is 1.10. The van der Waals surface area contributed by atoms with Gasteiger partial charge >= 0.3 is 0 Å². The van der Waals surface area contributed by atoms with Gasteiger partial charge in [0.1, 0.15) is 6.17 Å². The van der Waals surface area contributed by atoms with Gasteiger partial charge in [-0.15, -0.1) is 0 Å². The minimum Gasteiger partial charge on any atom is -0.366 e. The number of anilines is 1. The second-order valence-electron chi connectivity index (χ2n) is 13.9. The van der Waals surface area contributed by atoms with Gasteiger partial charge in [0.05, 0.1) is 28.1 Å². The molecule has 4 nitrogen and oxygen atoms in total. The zero-order chi connectivity index (χ0) is 34.2. The normalized spacial score (nSPS) is 15.8. The molecule has 0 saturated heterocycles. The Labute approximate surface area is 301 Å². The number of hydrogen-bond donors (Lipinski definition) is 2. The summed E-state index contributed by atoms with van der Waals surface area (Å²) in [4.78, 5) is 0. The molecule has 3 heterocycles. The summed E-state index contributed by atoms with van der Waals surface area (Å²) in [5.74, 6) is 0. The predicted molar refractivity (Wildman–Crippen MR) is 217 cm³/mol. The monoisotopic (exact) mass is 666 g/mol. The molecule has 0 spiro atoms. The first-order valence-electron chi connectivity index (χ1n) is 18.0. The molecule has 0 aliphatic carbocycles. The average molecular weight is 667 g/mol. The molecular formula is C48H34N4. The summed E-state index contributed by atoms with van der Waals surface area (Å²) in [6, 6.07) is 66.2. The van der Waals surface area contributed by atoms with Crippen LogP contribution in [0.1, 0.15) is 28.9 Å². The molecule has 8 aromatic carbocycles. The Morgan fingerprint density at radius 1 is 0.404 bits per heavy atom. The van der Waals surface area contributed by atoms with E-state index in [1.165, 1.54) is 71.1 Å². The number of aromatic nitrogens is 2. The molecule has 0 radical (unpaired) electrons. The molecule has 52 heavy (non-hydrogen) atoms. The molecule has 2 aromatic heterocycles. The summed E-state index contributed by atoms with van der Waals surface area (Å²) in [6.07, 6.45) is -0.0386. The third-order valence-corrected chi connectivity index (χ3v) is 11.0. The Morgan fingerprint density at radius 3 is 1.90 bits per heavy atom. The van der Waals surface area contributed by atoms with Gasteiger partial charge in [-0.2, -0.15) is 0 Å². The van der Waals surface area contributed by atoms with E-state index in [-0.39, 0.29) is 12.2 Å². The van der Waals surface area contributed by atoms with Crippen LogP contribution >= 0.6 is 0 Å². The van der Waals surface area contributed by atoms with Gasteiger partial charge in [0.15, 0.2) is 0 Å². The first-order valence-corrected chi connectivity index (χ1v) is 18.0. The molecule has 246 valence electrons. The molecule has 1 aliphatic rings. The zero-order valence-electron chi connectivity index (χ0n) is 28.4. The number of hydrogen-bond acceptors (Lipinski definition) is 2. The third kappa shape index (κ3) is 4.38. The van der Waals surface area contributed by atoms with Crippen molar-refractivity contribution in [3.63, 3.8) is 0 Å². The highest BCUT2D eigenvalue weighted by Crippen LogP contribution is 2.42. The van der Waals surface area contributed by atoms with Crippen LogP contribution in [0.25, 0.3) is 65.8 Å². The number of para-hydroxylation sites is 3. The van der Waals surface area contributed by atoms with E-state index in [0.29, 0.717) is 0 Å². The maximum Gasteiger partial charge on any atom is 0.104 e. The number of rotatable bonds is 4. The molecule has 2 atom stereocenters. The Bertz CT molecular complexity index is 2960. The lowest BCUT2D eigenvalue weighted by molar-refractivity contribution is 0.506. The summed E-state index contributed by atoms with van der Waals surface area (Å²) in [5, 5.41) is 15.3. The Kier molecular flexibility index (Phi) is 6.42. The zero-order valence-corrected chi connectivity index (χ0v) is 28.4. The number of nitrogens with one attached hydrogen (secondary N) is 2. The van der Waals surface area contributed by atoms with Gasteiger partial charge in [-0.1, -0.05) is 127 Å². The molecule has 4 heteroatoms. The lowest BCUT2D eigenvalue weighted by Gasteiger charge is -2.35. The van der Waals surface area contributed by atoms with Crippen LogP contribution in [-0.2, 0) is 0 Å². The van der Waals surface area contributed by atoms with Crippen molar-refractivity contribution >= 4 is 60.1 Å². The van der Waals surface area contributed by atoms with Crippen LogP contribution in [0.5, 0.6) is 0 Å². The van der Waals surface area contributed by atoms with Crippen molar-refractivity contribution in [1.29, 1.82) is 0 Å². The van der Waals surface area contributed by atoms with Crippen molar-refractivity contribution < 1.29 is 0 Å². The van der Waals surface area contributed by atoms with Crippen LogP contribution in [0.4, 0.5) is 5.69 Å². The molecule has 2 unspecified atom stereocenters. The van der Waals surface area contributed by atoms with E-state index in [1.54, 1.807) is 0 Å². The molecule has 0 amide bonds. The fraction of sp³-hybridized carbons (Fsp3) is 0.0417. The van der Waals surface area contributed by atoms with E-state index in [2.05, 4.69) is 202 Å². The molecular weight excluding hydrogens is 633 g/mol. The topological polar surface area (TPSA) is 33.9 Å². The lowest BCUT2D eigenvalue weighted by Crippen LogP contribution is -2.37. The molecule has 10 aromatic rings. The third-order valence-electron chi connectivity index (χ3n) is 11.0. The van der Waals surface area contributed by atoms with E-state index in [4.69, 9.17) is 0 Å². The highest BCUT2D eigenvalue weighted by Gasteiger charge is 2.28. The Hall–Kier alpha value is -6.62. The second kappa shape index (κ2) is 11.5. The highest BCUT2D eigenvalue weighted by molar-refractivity contribution is 6.25. The Morgan fingerprint density at radius 2 is 1.06 bits per heavy atom. The maximum atomic E-state index is 3.90. The summed E-state index contributed by atoms with van der Waals surface area (Å²) in [5.41, 5.74) is 12.0. The predicted octanol–water partition coefficient (Wildman–Crippen LogP) is 11.8. The van der Waals surface area contributed by atoms with Crippen molar-refractivity contribution in [1.82, 2.24) is 14.5 Å². The van der Waals surface area contributed by atoms with E-state index in [1.807, 2.05) is 0 Å². The molecule has 0 saturated carbocycles. The van der Waals surface area contributed by atoms with Gasteiger partial charge in [-0.05, 0) is 82.1 Å². The van der Waals surface area contributed by atoms with Gasteiger partial charge in [-0.25, -0.2) is 0 Å². The van der Waals surface area contributed by atoms with Crippen molar-refractivity contribution in [2.75, 3.05) is 5.32 Å². The lowest BCUT2D eigenvalue weighted by atomic mass is 9.93. The van der Waals surface area contributed by atoms with E-state index >= 15 is 0 Å². The largest absolute Gasteiger partial charge is 0.366 e. The van der Waals surface area contributed by atoms with Crippen LogP contribution < -0.4 is 10.6 Å². The SMILES string of the molecule is c1ccc(C2NC(c3ccc(-n4c5ccccc5c5cc6c7c8ccccc8ccc7n(-c7ccccc7)c6cc54)cc3)Nc3ccccc32)cc1. The van der Waals surface area contributed by atoms with E-state index in [0.717, 1.165) is 17.1 Å². The number of nitrogens with zero attached hydrogens (tertiary/aromatic N) is 2. The average Bonchev–Trinajstić information content (AvgIpc) is 3.72. The standard InChI is InChI=1S/C48H34N4/c1-3-14-32(15-4-1)47-38-20-9-11-21-41(38)49-48(50-47)33-23-26-35(27-24-33)51-42-22-12-10-19-37(42)39-29-40-45(30-44(39)51)52(34-16-5-2-6-17-34)43-28-25-31-13-7-8-18-36(31)46(40)43/h1-30,47-50H. The van der Waals surface area contributed by atoms with Gasteiger partial charge < -0.3 is 14.5 Å². The van der Waals surface area contributed by atoms with Gasteiger partial charge in [0.2, 0.25) is 0 Å². The fourth-order valence-corrected chi connectivity index (χ4v) is 8.63. The van der Waals surface area contributed by atoms with Crippen molar-refractivity contribution in [2.24, 2.45) is 0 Å². The quantitative estimate of drug-likeness (QED) is 0.196.